The number of aliphatic imine (C=N–C) groups is 1. The van der Waals surface area contributed by atoms with Crippen LogP contribution in [0.1, 0.15) is 232 Å². The second-order valence-electron chi connectivity index (χ2n) is 15.1. The average Bonchev–Trinajstić information content (AvgIpc) is 3.12. The van der Waals surface area contributed by atoms with Crippen LogP contribution < -0.4 is 22.1 Å². The highest BCUT2D eigenvalue weighted by molar-refractivity contribution is 7.45. The zero-order valence-electron chi connectivity index (χ0n) is 34.9. The molecule has 11 heteroatoms. The van der Waals surface area contributed by atoms with E-state index in [0.29, 0.717) is 19.4 Å². The number of phosphoric ester groups is 1. The highest BCUT2D eigenvalue weighted by Gasteiger charge is 2.10. The van der Waals surface area contributed by atoms with Crippen molar-refractivity contribution in [3.05, 3.63) is 0 Å². The molecule has 1 unspecified atom stereocenters. The van der Waals surface area contributed by atoms with Gasteiger partial charge in [0.05, 0.1) is 13.2 Å². The van der Waals surface area contributed by atoms with Gasteiger partial charge in [0, 0.05) is 6.54 Å². The minimum absolute atomic E-state index is 0.0129. The number of rotatable bonds is 41. The van der Waals surface area contributed by atoms with Crippen molar-refractivity contribution in [1.82, 2.24) is 0 Å². The molecule has 0 fully saturated rings. The predicted octanol–water partition coefficient (Wildman–Crippen LogP) is 11.5. The minimum atomic E-state index is -4.12. The van der Waals surface area contributed by atoms with Crippen molar-refractivity contribution in [2.24, 2.45) is 22.2 Å². The van der Waals surface area contributed by atoms with Crippen LogP contribution in [0.4, 0.5) is 0 Å². The fraction of sp³-hybridized carbons (Fsp3) is 0.952. The molecule has 0 bridgehead atoms. The second-order valence-corrected chi connectivity index (χ2v) is 16.5. The summed E-state index contributed by atoms with van der Waals surface area (Å²) in [5.41, 5.74) is 15.3. The lowest BCUT2D eigenvalue weighted by atomic mass is 10.0. The molecular formula is C42H88N4O6P-. The zero-order chi connectivity index (χ0) is 39.5. The Morgan fingerprint density at radius 3 is 1.06 bits per heavy atom. The molecule has 53 heavy (non-hydrogen) atoms. The SMILES string of the molecule is CCCCCCCCCCCCCCCCCCOP(=O)([O-])OCCCCCCCCCCCCCCCCCC.NC(N)=NCCCC(N)C(=O)O. The number of hydrogen-bond donors (Lipinski definition) is 4. The molecule has 1 atom stereocenters. The fourth-order valence-electron chi connectivity index (χ4n) is 6.33. The van der Waals surface area contributed by atoms with Crippen LogP contribution in [-0.2, 0) is 18.4 Å². The van der Waals surface area contributed by atoms with E-state index in [1.165, 1.54) is 180 Å². The number of aliphatic carboxylic acids is 1. The van der Waals surface area contributed by atoms with E-state index in [-0.39, 0.29) is 19.2 Å². The van der Waals surface area contributed by atoms with Gasteiger partial charge in [0.25, 0.3) is 7.82 Å². The lowest BCUT2D eigenvalue weighted by molar-refractivity contribution is -0.225. The maximum absolute atomic E-state index is 11.9. The molecule has 0 radical (unpaired) electrons. The number of unbranched alkanes of at least 4 members (excludes halogenated alkanes) is 30. The molecule has 0 aromatic carbocycles. The van der Waals surface area contributed by atoms with Gasteiger partial charge in [-0.1, -0.05) is 206 Å². The Hall–Kier alpha value is -1.19. The van der Waals surface area contributed by atoms with Crippen molar-refractivity contribution in [2.75, 3.05) is 19.8 Å². The van der Waals surface area contributed by atoms with Gasteiger partial charge >= 0.3 is 5.97 Å². The summed E-state index contributed by atoms with van der Waals surface area (Å²) in [4.78, 5) is 25.8. The molecule has 0 aromatic rings. The van der Waals surface area contributed by atoms with E-state index < -0.39 is 19.8 Å². The first-order valence-electron chi connectivity index (χ1n) is 22.3. The van der Waals surface area contributed by atoms with E-state index in [4.69, 9.17) is 31.4 Å². The van der Waals surface area contributed by atoms with Gasteiger partial charge in [-0.15, -0.1) is 0 Å². The Kier molecular flexibility index (Phi) is 44.3. The van der Waals surface area contributed by atoms with E-state index in [9.17, 15) is 14.3 Å². The fourth-order valence-corrected chi connectivity index (χ4v) is 7.11. The Labute approximate surface area is 327 Å². The predicted molar refractivity (Wildman–Crippen MR) is 224 cm³/mol. The van der Waals surface area contributed by atoms with Crippen LogP contribution in [0.15, 0.2) is 4.99 Å². The Morgan fingerprint density at radius 2 is 0.811 bits per heavy atom. The first kappa shape index (κ1) is 53.9. The maximum Gasteiger partial charge on any atom is 0.320 e. The Balaban J connectivity index is 0. The molecule has 0 aliphatic rings. The third-order valence-corrected chi connectivity index (χ3v) is 10.8. The van der Waals surface area contributed by atoms with Crippen LogP contribution in [0.2, 0.25) is 0 Å². The van der Waals surface area contributed by atoms with Gasteiger partial charge in [-0.3, -0.25) is 14.4 Å². The Bertz CT molecular complexity index is 789. The second kappa shape index (κ2) is 43.5. The van der Waals surface area contributed by atoms with Crippen molar-refractivity contribution in [1.29, 1.82) is 0 Å². The van der Waals surface area contributed by atoms with Crippen molar-refractivity contribution >= 4 is 19.8 Å². The zero-order valence-corrected chi connectivity index (χ0v) is 35.7. The first-order valence-corrected chi connectivity index (χ1v) is 23.8. The van der Waals surface area contributed by atoms with Gasteiger partial charge in [-0.25, -0.2) is 0 Å². The molecule has 0 aliphatic heterocycles. The molecule has 0 rings (SSSR count). The summed E-state index contributed by atoms with van der Waals surface area (Å²) < 4.78 is 22.0. The smallest absolute Gasteiger partial charge is 0.320 e. The Morgan fingerprint density at radius 1 is 0.547 bits per heavy atom. The van der Waals surface area contributed by atoms with E-state index in [1.54, 1.807) is 0 Å². The molecule has 0 saturated heterocycles. The topological polar surface area (TPSA) is 186 Å². The van der Waals surface area contributed by atoms with Gasteiger partial charge < -0.3 is 36.2 Å². The number of nitrogens with two attached hydrogens (primary N) is 3. The normalized spacial score (nSPS) is 12.0. The molecule has 318 valence electrons. The minimum Gasteiger partial charge on any atom is -0.756 e. The third kappa shape index (κ3) is 48.8. The molecule has 0 spiro atoms. The van der Waals surface area contributed by atoms with Gasteiger partial charge in [-0.2, -0.15) is 0 Å². The molecule has 0 saturated carbocycles. The molecule has 0 aromatic heterocycles. The molecule has 10 nitrogen and oxygen atoms in total. The van der Waals surface area contributed by atoms with Gasteiger partial charge in [0.15, 0.2) is 5.96 Å². The van der Waals surface area contributed by atoms with Crippen molar-refractivity contribution in [3.63, 3.8) is 0 Å². The van der Waals surface area contributed by atoms with Crippen LogP contribution in [-0.4, -0.2) is 42.8 Å². The number of guanidine groups is 1. The summed E-state index contributed by atoms with van der Waals surface area (Å²) in [5.74, 6) is -0.987. The van der Waals surface area contributed by atoms with Crippen LogP contribution in [0, 0.1) is 0 Å². The highest BCUT2D eigenvalue weighted by atomic mass is 31.2. The molecule has 0 heterocycles. The van der Waals surface area contributed by atoms with Crippen molar-refractivity contribution < 1.29 is 28.4 Å². The molecule has 0 amide bonds. The van der Waals surface area contributed by atoms with E-state index >= 15 is 0 Å². The number of carbonyl (C=O) groups is 1. The summed E-state index contributed by atoms with van der Waals surface area (Å²) in [6.07, 6.45) is 42.8. The van der Waals surface area contributed by atoms with Gasteiger partial charge in [0.2, 0.25) is 0 Å². The number of phosphoric acid groups is 1. The molecular weight excluding hydrogens is 687 g/mol. The van der Waals surface area contributed by atoms with E-state index in [0.717, 1.165) is 25.7 Å². The van der Waals surface area contributed by atoms with E-state index in [1.807, 2.05) is 0 Å². The van der Waals surface area contributed by atoms with E-state index in [2.05, 4.69) is 18.8 Å². The van der Waals surface area contributed by atoms with Gasteiger partial charge in [0.1, 0.15) is 6.04 Å². The van der Waals surface area contributed by atoms with Crippen LogP contribution >= 0.6 is 7.82 Å². The maximum atomic E-state index is 11.9. The number of carboxylic acid groups (broad SMARTS) is 1. The first-order chi connectivity index (χ1) is 25.7. The standard InChI is InChI=1S/C36H75O4P.C6H14N4O2/c1-3-5-7-9-11-13-15-17-19-21-23-25-27-29-31-33-35-39-41(37,38)40-36-34-32-30-28-26-24-22-20-18-16-14-12-10-8-6-4-2;7-4(5(11)12)2-1-3-10-6(8)9/h3-36H2,1-2H3,(H,37,38);4H,1-3,7H2,(H,11,12)(H4,8,9,10)/p-1. The van der Waals surface area contributed by atoms with Crippen molar-refractivity contribution in [2.45, 2.75) is 238 Å². The number of nitrogens with zero attached hydrogens (tertiary/aromatic N) is 1. The summed E-state index contributed by atoms with van der Waals surface area (Å²) in [6, 6.07) is -0.820. The van der Waals surface area contributed by atoms with Crippen LogP contribution in [0.5, 0.6) is 0 Å². The summed E-state index contributed by atoms with van der Waals surface area (Å²) in [6.45, 7) is 5.50. The molecule has 0 aliphatic carbocycles. The molecule has 7 N–H and O–H groups in total. The van der Waals surface area contributed by atoms with Gasteiger partial charge in [-0.05, 0) is 25.7 Å². The highest BCUT2D eigenvalue weighted by Crippen LogP contribution is 2.38. The third-order valence-electron chi connectivity index (χ3n) is 9.78. The van der Waals surface area contributed by atoms with Crippen LogP contribution in [0.3, 0.4) is 0 Å². The number of hydrogen-bond acceptors (Lipinski definition) is 7. The van der Waals surface area contributed by atoms with Crippen molar-refractivity contribution in [3.8, 4) is 0 Å². The largest absolute Gasteiger partial charge is 0.756 e. The lowest BCUT2D eigenvalue weighted by Crippen LogP contribution is -2.30. The lowest BCUT2D eigenvalue weighted by Gasteiger charge is -2.22. The summed E-state index contributed by atoms with van der Waals surface area (Å²) >= 11 is 0. The average molecular weight is 776 g/mol. The summed E-state index contributed by atoms with van der Waals surface area (Å²) in [5, 5.41) is 8.38. The monoisotopic (exact) mass is 776 g/mol. The summed E-state index contributed by atoms with van der Waals surface area (Å²) in [7, 11) is -4.12. The van der Waals surface area contributed by atoms with Crippen LogP contribution in [0.25, 0.3) is 0 Å². The number of carboxylic acids is 1. The quantitative estimate of drug-likeness (QED) is 0.0203.